The quantitative estimate of drug-likeness (QED) is 0.679. The molecule has 2 heterocycles. The Morgan fingerprint density at radius 3 is 2.56 bits per heavy atom. The highest BCUT2D eigenvalue weighted by molar-refractivity contribution is 7.15. The summed E-state index contributed by atoms with van der Waals surface area (Å²) in [5.41, 5.74) is 3.23. The zero-order valence-electron chi connectivity index (χ0n) is 14.5. The first-order valence-electron chi connectivity index (χ1n) is 8.28. The van der Waals surface area contributed by atoms with Crippen LogP contribution in [0.25, 0.3) is 10.6 Å². The lowest BCUT2D eigenvalue weighted by molar-refractivity contribution is -0.129. The molecular formula is C20H21N3OS. The van der Waals surface area contributed by atoms with Gasteiger partial charge in [-0.1, -0.05) is 30.3 Å². The van der Waals surface area contributed by atoms with Crippen molar-refractivity contribution in [3.63, 3.8) is 0 Å². The summed E-state index contributed by atoms with van der Waals surface area (Å²) in [7, 11) is 1.86. The number of carbonyl (C=O) groups is 1. The number of benzene rings is 1. The first kappa shape index (κ1) is 17.3. The van der Waals surface area contributed by atoms with Crippen LogP contribution < -0.4 is 0 Å². The second kappa shape index (κ2) is 8.03. The van der Waals surface area contributed by atoms with E-state index in [2.05, 4.69) is 9.97 Å². The number of rotatable bonds is 6. The van der Waals surface area contributed by atoms with E-state index in [4.69, 9.17) is 0 Å². The van der Waals surface area contributed by atoms with E-state index in [1.807, 2.05) is 56.4 Å². The molecule has 4 nitrogen and oxygen atoms in total. The molecule has 0 bridgehead atoms. The van der Waals surface area contributed by atoms with Gasteiger partial charge in [-0.05, 0) is 31.0 Å². The molecule has 1 amide bonds. The van der Waals surface area contributed by atoms with Crippen LogP contribution in [-0.4, -0.2) is 34.4 Å². The monoisotopic (exact) mass is 351 g/mol. The Morgan fingerprint density at radius 1 is 1.12 bits per heavy atom. The number of likely N-dealkylation sites (N-methyl/N-ethyl adjacent to an activating group) is 1. The first-order chi connectivity index (χ1) is 12.1. The molecule has 0 radical (unpaired) electrons. The van der Waals surface area contributed by atoms with Gasteiger partial charge < -0.3 is 4.90 Å². The van der Waals surface area contributed by atoms with Crippen molar-refractivity contribution < 1.29 is 4.79 Å². The smallest absolute Gasteiger partial charge is 0.227 e. The highest BCUT2D eigenvalue weighted by Crippen LogP contribution is 2.28. The van der Waals surface area contributed by atoms with Gasteiger partial charge in [-0.3, -0.25) is 9.78 Å². The lowest BCUT2D eigenvalue weighted by Gasteiger charge is -2.16. The lowest BCUT2D eigenvalue weighted by Crippen LogP contribution is -2.30. The molecule has 3 rings (SSSR count). The molecule has 2 aromatic heterocycles. The Labute approximate surface area is 152 Å². The molecule has 0 aliphatic heterocycles. The van der Waals surface area contributed by atoms with Gasteiger partial charge >= 0.3 is 0 Å². The van der Waals surface area contributed by atoms with Gasteiger partial charge in [-0.25, -0.2) is 4.98 Å². The Balaban J connectivity index is 1.61. The van der Waals surface area contributed by atoms with Gasteiger partial charge in [0, 0.05) is 36.4 Å². The summed E-state index contributed by atoms with van der Waals surface area (Å²) < 4.78 is 0. The average molecular weight is 351 g/mol. The van der Waals surface area contributed by atoms with Crippen molar-refractivity contribution >= 4 is 17.2 Å². The summed E-state index contributed by atoms with van der Waals surface area (Å²) in [5, 5.41) is 0.973. The van der Waals surface area contributed by atoms with E-state index in [1.54, 1.807) is 28.6 Å². The summed E-state index contributed by atoms with van der Waals surface area (Å²) in [6.45, 7) is 2.68. The number of aryl methyl sites for hydroxylation is 1. The van der Waals surface area contributed by atoms with E-state index in [0.717, 1.165) is 27.6 Å². The molecule has 0 aliphatic rings. The van der Waals surface area contributed by atoms with Crippen molar-refractivity contribution in [2.75, 3.05) is 13.6 Å². The zero-order valence-corrected chi connectivity index (χ0v) is 15.3. The fourth-order valence-electron chi connectivity index (χ4n) is 2.54. The van der Waals surface area contributed by atoms with E-state index in [0.29, 0.717) is 13.0 Å². The third-order valence-electron chi connectivity index (χ3n) is 4.14. The summed E-state index contributed by atoms with van der Waals surface area (Å²) in [4.78, 5) is 24.0. The molecule has 0 spiro atoms. The van der Waals surface area contributed by atoms with Gasteiger partial charge in [0.15, 0.2) is 0 Å². The van der Waals surface area contributed by atoms with Crippen LogP contribution in [0.4, 0.5) is 0 Å². The van der Waals surface area contributed by atoms with Crippen molar-refractivity contribution in [1.29, 1.82) is 0 Å². The number of hydrogen-bond acceptors (Lipinski definition) is 4. The van der Waals surface area contributed by atoms with Crippen LogP contribution in [0.5, 0.6) is 0 Å². The molecule has 5 heteroatoms. The molecule has 0 saturated heterocycles. The second-order valence-electron chi connectivity index (χ2n) is 5.99. The number of carbonyl (C=O) groups excluding carboxylic acids is 1. The third kappa shape index (κ3) is 4.51. The maximum Gasteiger partial charge on any atom is 0.227 e. The largest absolute Gasteiger partial charge is 0.345 e. The number of nitrogens with zero attached hydrogens (tertiary/aromatic N) is 3. The fourth-order valence-corrected chi connectivity index (χ4v) is 3.60. The standard InChI is InChI=1S/C20H21N3OS/c1-15-18(25-20(22-15)17-6-4-3-5-7-17)14-19(24)23(2)13-10-16-8-11-21-12-9-16/h3-9,11-12H,10,13-14H2,1-2H3. The minimum atomic E-state index is 0.125. The third-order valence-corrected chi connectivity index (χ3v) is 5.34. The van der Waals surface area contributed by atoms with Gasteiger partial charge in [-0.15, -0.1) is 11.3 Å². The molecule has 0 saturated carbocycles. The maximum absolute atomic E-state index is 12.5. The van der Waals surface area contributed by atoms with Crippen LogP contribution >= 0.6 is 11.3 Å². The summed E-state index contributed by atoms with van der Waals surface area (Å²) in [6, 6.07) is 14.1. The van der Waals surface area contributed by atoms with Crippen LogP contribution in [0.3, 0.4) is 0 Å². The van der Waals surface area contributed by atoms with Crippen LogP contribution in [-0.2, 0) is 17.6 Å². The molecule has 3 aromatic rings. The van der Waals surface area contributed by atoms with Crippen molar-refractivity contribution in [2.24, 2.45) is 0 Å². The number of aromatic nitrogens is 2. The van der Waals surface area contributed by atoms with Crippen LogP contribution in [0.1, 0.15) is 16.1 Å². The molecule has 25 heavy (non-hydrogen) atoms. The molecule has 0 unspecified atom stereocenters. The van der Waals surface area contributed by atoms with Crippen molar-refractivity contribution in [1.82, 2.24) is 14.9 Å². The fraction of sp³-hybridized carbons (Fsp3) is 0.250. The molecule has 128 valence electrons. The molecule has 1 aromatic carbocycles. The van der Waals surface area contributed by atoms with E-state index in [1.165, 1.54) is 5.56 Å². The lowest BCUT2D eigenvalue weighted by atomic mass is 10.2. The Bertz CT molecular complexity index is 831. The zero-order chi connectivity index (χ0) is 17.6. The normalized spacial score (nSPS) is 10.6. The minimum Gasteiger partial charge on any atom is -0.345 e. The average Bonchev–Trinajstić information content (AvgIpc) is 3.02. The predicted molar refractivity (Wildman–Crippen MR) is 102 cm³/mol. The summed E-state index contributed by atoms with van der Waals surface area (Å²) in [6.07, 6.45) is 4.80. The minimum absolute atomic E-state index is 0.125. The highest BCUT2D eigenvalue weighted by atomic mass is 32.1. The molecule has 0 N–H and O–H groups in total. The Morgan fingerprint density at radius 2 is 1.84 bits per heavy atom. The van der Waals surface area contributed by atoms with Crippen LogP contribution in [0.15, 0.2) is 54.9 Å². The number of amides is 1. The van der Waals surface area contributed by atoms with Crippen LogP contribution in [0, 0.1) is 6.92 Å². The maximum atomic E-state index is 12.5. The van der Waals surface area contributed by atoms with E-state index in [-0.39, 0.29) is 5.91 Å². The molecule has 0 aliphatic carbocycles. The predicted octanol–water partition coefficient (Wildman–Crippen LogP) is 3.76. The highest BCUT2D eigenvalue weighted by Gasteiger charge is 2.15. The Kier molecular flexibility index (Phi) is 5.56. The summed E-state index contributed by atoms with van der Waals surface area (Å²) >= 11 is 1.61. The summed E-state index contributed by atoms with van der Waals surface area (Å²) in [5.74, 6) is 0.125. The van der Waals surface area contributed by atoms with Crippen molar-refractivity contribution in [2.45, 2.75) is 19.8 Å². The van der Waals surface area contributed by atoms with Gasteiger partial charge in [-0.2, -0.15) is 0 Å². The van der Waals surface area contributed by atoms with Crippen molar-refractivity contribution in [3.05, 3.63) is 71.0 Å². The van der Waals surface area contributed by atoms with Gasteiger partial charge in [0.1, 0.15) is 5.01 Å². The molecular weight excluding hydrogens is 330 g/mol. The van der Waals surface area contributed by atoms with Gasteiger partial charge in [0.25, 0.3) is 0 Å². The van der Waals surface area contributed by atoms with E-state index >= 15 is 0 Å². The molecule has 0 atom stereocenters. The van der Waals surface area contributed by atoms with E-state index in [9.17, 15) is 4.79 Å². The Hall–Kier alpha value is -2.53. The number of hydrogen-bond donors (Lipinski definition) is 0. The van der Waals surface area contributed by atoms with E-state index < -0.39 is 0 Å². The SMILES string of the molecule is Cc1nc(-c2ccccc2)sc1CC(=O)N(C)CCc1ccncc1. The topological polar surface area (TPSA) is 46.1 Å². The number of pyridine rings is 1. The van der Waals surface area contributed by atoms with Gasteiger partial charge in [0.2, 0.25) is 5.91 Å². The second-order valence-corrected chi connectivity index (χ2v) is 7.07. The van der Waals surface area contributed by atoms with Gasteiger partial charge in [0.05, 0.1) is 12.1 Å². The van der Waals surface area contributed by atoms with Crippen molar-refractivity contribution in [3.8, 4) is 10.6 Å². The molecule has 0 fully saturated rings. The number of thiazole rings is 1. The first-order valence-corrected chi connectivity index (χ1v) is 9.09. The van der Waals surface area contributed by atoms with Crippen LogP contribution in [0.2, 0.25) is 0 Å².